The standard InChI is InChI=1S/C29H23Cl2N9S/c1-17-5-6-19(9-23(17)30)36-27-18(11-32)12-34-28-22(27)8-21(10-24(28)31)37-29(26-15-41-16-35-26)25-14-40(39-38-25)13-20-4-2-3-7-33-20/h2-10,12,14-16,29,37-39H,13H2,1H3,(H,34,36)/t29-/m1/s1. The second kappa shape index (κ2) is 11.6. The van der Waals surface area contributed by atoms with Crippen LogP contribution in [0.2, 0.25) is 10.0 Å². The zero-order valence-corrected chi connectivity index (χ0v) is 24.0. The zero-order valence-electron chi connectivity index (χ0n) is 21.7. The van der Waals surface area contributed by atoms with E-state index < -0.39 is 0 Å². The van der Waals surface area contributed by atoms with Crippen molar-refractivity contribution >= 4 is 62.5 Å². The number of hydrogen-bond donors (Lipinski definition) is 4. The largest absolute Gasteiger partial charge is 0.371 e. The molecule has 0 unspecified atom stereocenters. The molecular formula is C29H23Cl2N9S. The van der Waals surface area contributed by atoms with Crippen molar-refractivity contribution in [2.45, 2.75) is 19.5 Å². The monoisotopic (exact) mass is 599 g/mol. The van der Waals surface area contributed by atoms with Crippen molar-refractivity contribution in [1.82, 2.24) is 30.9 Å². The van der Waals surface area contributed by atoms with Crippen LogP contribution in [0.4, 0.5) is 17.1 Å². The summed E-state index contributed by atoms with van der Waals surface area (Å²) >= 11 is 14.6. The van der Waals surface area contributed by atoms with Gasteiger partial charge in [0.25, 0.3) is 0 Å². The Labute approximate surface area is 250 Å². The fourth-order valence-electron chi connectivity index (χ4n) is 4.49. The molecule has 0 saturated carbocycles. The van der Waals surface area contributed by atoms with E-state index in [4.69, 9.17) is 23.2 Å². The molecule has 4 N–H and O–H groups in total. The van der Waals surface area contributed by atoms with Crippen molar-refractivity contribution < 1.29 is 0 Å². The predicted molar refractivity (Wildman–Crippen MR) is 164 cm³/mol. The van der Waals surface area contributed by atoms with Gasteiger partial charge in [-0.25, -0.2) is 4.98 Å². The molecule has 4 heterocycles. The number of halogens is 2. The van der Waals surface area contributed by atoms with E-state index in [1.165, 1.54) is 17.5 Å². The summed E-state index contributed by atoms with van der Waals surface area (Å²) < 4.78 is 0. The molecule has 1 aliphatic rings. The first-order valence-corrected chi connectivity index (χ1v) is 14.3. The van der Waals surface area contributed by atoms with E-state index in [0.29, 0.717) is 38.7 Å². The van der Waals surface area contributed by atoms with Gasteiger partial charge in [0.2, 0.25) is 0 Å². The fraction of sp³-hybridized carbons (Fsp3) is 0.103. The molecule has 204 valence electrons. The van der Waals surface area contributed by atoms with Crippen LogP contribution in [0.15, 0.2) is 83.7 Å². The number of anilines is 3. The van der Waals surface area contributed by atoms with Crippen molar-refractivity contribution in [3.63, 3.8) is 0 Å². The highest BCUT2D eigenvalue weighted by Gasteiger charge is 2.25. The van der Waals surface area contributed by atoms with Crippen LogP contribution in [-0.2, 0) is 6.54 Å². The summed E-state index contributed by atoms with van der Waals surface area (Å²) in [6.07, 6.45) is 5.28. The number of benzene rings is 2. The van der Waals surface area contributed by atoms with Crippen molar-refractivity contribution in [2.24, 2.45) is 0 Å². The van der Waals surface area contributed by atoms with Gasteiger partial charge in [0.15, 0.2) is 0 Å². The number of nitrogens with zero attached hydrogens (tertiary/aromatic N) is 5. The number of pyridine rings is 2. The minimum absolute atomic E-state index is 0.324. The molecule has 0 bridgehead atoms. The molecule has 9 nitrogen and oxygen atoms in total. The lowest BCUT2D eigenvalue weighted by atomic mass is 10.1. The van der Waals surface area contributed by atoms with E-state index in [2.05, 4.69) is 42.6 Å². The third-order valence-corrected chi connectivity index (χ3v) is 7.85. The predicted octanol–water partition coefficient (Wildman–Crippen LogP) is 6.84. The lowest BCUT2D eigenvalue weighted by molar-refractivity contribution is 0.259. The summed E-state index contributed by atoms with van der Waals surface area (Å²) in [6.45, 7) is 2.51. The summed E-state index contributed by atoms with van der Waals surface area (Å²) in [4.78, 5) is 13.5. The molecule has 0 spiro atoms. The Morgan fingerprint density at radius 2 is 1.95 bits per heavy atom. The second-order valence-corrected chi connectivity index (χ2v) is 10.9. The summed E-state index contributed by atoms with van der Waals surface area (Å²) in [5, 5.41) is 22.5. The molecule has 0 amide bonds. The highest BCUT2D eigenvalue weighted by atomic mass is 35.5. The maximum Gasteiger partial charge on any atom is 0.113 e. The molecule has 6 rings (SSSR count). The Kier molecular flexibility index (Phi) is 7.59. The van der Waals surface area contributed by atoms with Gasteiger partial charge in [-0.15, -0.1) is 16.9 Å². The molecule has 0 fully saturated rings. The van der Waals surface area contributed by atoms with Crippen molar-refractivity contribution in [3.05, 3.63) is 116 Å². The highest BCUT2D eigenvalue weighted by molar-refractivity contribution is 7.07. The molecule has 12 heteroatoms. The van der Waals surface area contributed by atoms with Gasteiger partial charge >= 0.3 is 0 Å². The number of aromatic nitrogens is 3. The molecule has 1 aliphatic heterocycles. The van der Waals surface area contributed by atoms with Crippen LogP contribution in [-0.4, -0.2) is 20.0 Å². The van der Waals surface area contributed by atoms with Gasteiger partial charge in [0.05, 0.1) is 50.9 Å². The number of hydrazine groups is 2. The SMILES string of the molecule is Cc1ccc(Nc2c(C#N)cnc3c(Cl)cc(N[C@H](C4=CN(Cc5ccccn5)NN4)c4cscn4)cc23)cc1Cl. The summed E-state index contributed by atoms with van der Waals surface area (Å²) in [7, 11) is 0. The number of aryl methyl sites for hydroxylation is 1. The Morgan fingerprint density at radius 1 is 1.07 bits per heavy atom. The van der Waals surface area contributed by atoms with Crippen molar-refractivity contribution in [3.8, 4) is 6.07 Å². The Balaban J connectivity index is 1.36. The van der Waals surface area contributed by atoms with Crippen LogP contribution in [0.3, 0.4) is 0 Å². The van der Waals surface area contributed by atoms with Crippen LogP contribution in [0, 0.1) is 18.3 Å². The Hall–Kier alpha value is -4.40. The lowest BCUT2D eigenvalue weighted by Crippen LogP contribution is -2.37. The Bertz CT molecular complexity index is 1790. The molecule has 2 aromatic carbocycles. The third kappa shape index (κ3) is 5.75. The molecule has 0 aliphatic carbocycles. The van der Waals surface area contributed by atoms with Crippen LogP contribution < -0.4 is 21.6 Å². The van der Waals surface area contributed by atoms with E-state index in [1.807, 2.05) is 72.0 Å². The quantitative estimate of drug-likeness (QED) is 0.152. The number of thiazole rings is 1. The van der Waals surface area contributed by atoms with Gasteiger partial charge < -0.3 is 16.1 Å². The molecule has 1 atom stereocenters. The topological polar surface area (TPSA) is 114 Å². The average Bonchev–Trinajstić information content (AvgIpc) is 3.68. The van der Waals surface area contributed by atoms with E-state index >= 15 is 0 Å². The van der Waals surface area contributed by atoms with Crippen molar-refractivity contribution in [1.29, 1.82) is 5.26 Å². The zero-order chi connectivity index (χ0) is 28.3. The molecule has 3 aromatic heterocycles. The third-order valence-electron chi connectivity index (χ3n) is 6.55. The van der Waals surface area contributed by atoms with Gasteiger partial charge in [-0.2, -0.15) is 5.26 Å². The first-order valence-electron chi connectivity index (χ1n) is 12.6. The van der Waals surface area contributed by atoms with Gasteiger partial charge in [0.1, 0.15) is 12.1 Å². The first kappa shape index (κ1) is 26.8. The minimum Gasteiger partial charge on any atom is -0.371 e. The first-order chi connectivity index (χ1) is 20.0. The van der Waals surface area contributed by atoms with Gasteiger partial charge in [0, 0.05) is 45.8 Å². The van der Waals surface area contributed by atoms with E-state index in [9.17, 15) is 5.26 Å². The van der Waals surface area contributed by atoms with Crippen molar-refractivity contribution in [2.75, 3.05) is 10.6 Å². The number of fused-ring (bicyclic) bond motifs is 1. The van der Waals surface area contributed by atoms with Crippen LogP contribution in [0.5, 0.6) is 0 Å². The molecular weight excluding hydrogens is 577 g/mol. The van der Waals surface area contributed by atoms with Crippen LogP contribution >= 0.6 is 34.5 Å². The number of hydrogen-bond acceptors (Lipinski definition) is 10. The van der Waals surface area contributed by atoms with Gasteiger partial charge in [-0.05, 0) is 48.9 Å². The number of nitriles is 1. The fourth-order valence-corrected chi connectivity index (χ4v) is 5.51. The molecule has 41 heavy (non-hydrogen) atoms. The Morgan fingerprint density at radius 3 is 2.71 bits per heavy atom. The van der Waals surface area contributed by atoms with Crippen LogP contribution in [0.1, 0.15) is 28.6 Å². The van der Waals surface area contributed by atoms with Gasteiger partial charge in [-0.3, -0.25) is 15.0 Å². The summed E-state index contributed by atoms with van der Waals surface area (Å²) in [5.74, 6) is 0. The lowest BCUT2D eigenvalue weighted by Gasteiger charge is -2.20. The molecule has 0 radical (unpaired) electrons. The summed E-state index contributed by atoms with van der Waals surface area (Å²) in [6, 6.07) is 17.2. The smallest absolute Gasteiger partial charge is 0.113 e. The second-order valence-electron chi connectivity index (χ2n) is 9.36. The normalized spacial score (nSPS) is 13.4. The van der Waals surface area contributed by atoms with E-state index in [0.717, 1.165) is 34.0 Å². The number of rotatable bonds is 8. The maximum absolute atomic E-state index is 9.89. The van der Waals surface area contributed by atoms with E-state index in [1.54, 1.807) is 11.7 Å². The van der Waals surface area contributed by atoms with E-state index in [-0.39, 0.29) is 6.04 Å². The van der Waals surface area contributed by atoms with Gasteiger partial charge in [-0.1, -0.05) is 35.3 Å². The molecule has 5 aromatic rings. The highest BCUT2D eigenvalue weighted by Crippen LogP contribution is 2.37. The van der Waals surface area contributed by atoms with Crippen LogP contribution in [0.25, 0.3) is 10.9 Å². The minimum atomic E-state index is -0.324. The average molecular weight is 601 g/mol. The summed E-state index contributed by atoms with van der Waals surface area (Å²) in [5.41, 5.74) is 14.8. The number of nitrogens with one attached hydrogen (secondary N) is 4. The maximum atomic E-state index is 9.89. The molecule has 0 saturated heterocycles.